The van der Waals surface area contributed by atoms with Gasteiger partial charge in [0.15, 0.2) is 0 Å². The zero-order chi connectivity index (χ0) is 8.97. The number of hydrogen-bond acceptors (Lipinski definition) is 2. The molecule has 1 aliphatic rings. The number of hydrogen-bond donors (Lipinski definition) is 1. The fourth-order valence-corrected chi connectivity index (χ4v) is 2.78. The standard InChI is InChI=1S/C9H19NOS/c1-12(11)7-9(10)8-5-3-2-4-6-8/h8-9H,2-7,10H2,1H3. The van der Waals surface area contributed by atoms with Crippen LogP contribution in [0, 0.1) is 5.92 Å². The van der Waals surface area contributed by atoms with Crippen molar-refractivity contribution in [3.05, 3.63) is 0 Å². The van der Waals surface area contributed by atoms with Crippen molar-refractivity contribution in [2.75, 3.05) is 12.0 Å². The van der Waals surface area contributed by atoms with Gasteiger partial charge in [-0.15, -0.1) is 0 Å². The van der Waals surface area contributed by atoms with Crippen LogP contribution in [0.5, 0.6) is 0 Å². The van der Waals surface area contributed by atoms with Crippen LogP contribution in [-0.2, 0) is 10.8 Å². The molecule has 1 saturated carbocycles. The van der Waals surface area contributed by atoms with Crippen LogP contribution in [0.3, 0.4) is 0 Å². The van der Waals surface area contributed by atoms with Crippen molar-refractivity contribution < 1.29 is 4.21 Å². The maximum Gasteiger partial charge on any atom is 0.0386 e. The van der Waals surface area contributed by atoms with Crippen LogP contribution in [0.2, 0.25) is 0 Å². The van der Waals surface area contributed by atoms with Crippen molar-refractivity contribution in [2.45, 2.75) is 38.1 Å². The predicted molar refractivity (Wildman–Crippen MR) is 53.5 cm³/mol. The Morgan fingerprint density at radius 1 is 1.42 bits per heavy atom. The van der Waals surface area contributed by atoms with E-state index in [1.807, 2.05) is 0 Å². The van der Waals surface area contributed by atoms with Gasteiger partial charge in [0, 0.05) is 28.9 Å². The van der Waals surface area contributed by atoms with Crippen molar-refractivity contribution in [1.82, 2.24) is 0 Å². The summed E-state index contributed by atoms with van der Waals surface area (Å²) in [5.74, 6) is 1.33. The zero-order valence-electron chi connectivity index (χ0n) is 7.79. The summed E-state index contributed by atoms with van der Waals surface area (Å²) in [6.07, 6.45) is 8.22. The molecule has 0 aromatic heterocycles. The minimum absolute atomic E-state index is 0.177. The highest BCUT2D eigenvalue weighted by Gasteiger charge is 2.20. The quantitative estimate of drug-likeness (QED) is 0.726. The molecule has 0 radical (unpaired) electrons. The summed E-state index contributed by atoms with van der Waals surface area (Å²) in [6.45, 7) is 0. The highest BCUT2D eigenvalue weighted by molar-refractivity contribution is 7.84. The molecule has 0 bridgehead atoms. The molecule has 3 heteroatoms. The maximum atomic E-state index is 10.9. The van der Waals surface area contributed by atoms with Crippen molar-refractivity contribution in [3.8, 4) is 0 Å². The minimum atomic E-state index is -0.722. The third kappa shape index (κ3) is 3.23. The lowest BCUT2D eigenvalue weighted by Gasteiger charge is -2.26. The van der Waals surface area contributed by atoms with E-state index in [0.29, 0.717) is 11.7 Å². The molecule has 72 valence electrons. The Morgan fingerprint density at radius 3 is 2.50 bits per heavy atom. The Kier molecular flexibility index (Phi) is 4.22. The van der Waals surface area contributed by atoms with E-state index in [1.165, 1.54) is 32.1 Å². The highest BCUT2D eigenvalue weighted by atomic mass is 32.2. The van der Waals surface area contributed by atoms with Crippen LogP contribution in [0.4, 0.5) is 0 Å². The van der Waals surface area contributed by atoms with E-state index in [2.05, 4.69) is 0 Å². The first kappa shape index (κ1) is 10.2. The molecule has 0 spiro atoms. The first-order valence-electron chi connectivity index (χ1n) is 4.76. The Balaban J connectivity index is 2.29. The molecule has 0 aliphatic heterocycles. The Bertz CT molecular complexity index is 155. The Hall–Kier alpha value is 0.110. The van der Waals surface area contributed by atoms with Crippen LogP contribution >= 0.6 is 0 Å². The summed E-state index contributed by atoms with van der Waals surface area (Å²) in [7, 11) is -0.722. The molecule has 0 amide bonds. The lowest BCUT2D eigenvalue weighted by molar-refractivity contribution is 0.318. The van der Waals surface area contributed by atoms with E-state index in [4.69, 9.17) is 5.73 Å². The topological polar surface area (TPSA) is 43.1 Å². The van der Waals surface area contributed by atoms with Crippen molar-refractivity contribution >= 4 is 10.8 Å². The molecule has 0 heterocycles. The van der Waals surface area contributed by atoms with Crippen molar-refractivity contribution in [3.63, 3.8) is 0 Å². The van der Waals surface area contributed by atoms with Crippen molar-refractivity contribution in [1.29, 1.82) is 0 Å². The van der Waals surface area contributed by atoms with Gasteiger partial charge < -0.3 is 5.73 Å². The lowest BCUT2D eigenvalue weighted by Crippen LogP contribution is -2.36. The van der Waals surface area contributed by atoms with Crippen LogP contribution in [0.25, 0.3) is 0 Å². The van der Waals surface area contributed by atoms with Crippen LogP contribution in [0.15, 0.2) is 0 Å². The normalized spacial score (nSPS) is 25.2. The predicted octanol–water partition coefficient (Wildman–Crippen LogP) is 1.27. The second-order valence-corrected chi connectivity index (χ2v) is 5.28. The molecule has 0 saturated heterocycles. The molecule has 1 fully saturated rings. The largest absolute Gasteiger partial charge is 0.327 e. The summed E-state index contributed by atoms with van der Waals surface area (Å²) in [4.78, 5) is 0. The monoisotopic (exact) mass is 189 g/mol. The second kappa shape index (κ2) is 4.97. The van der Waals surface area contributed by atoms with Gasteiger partial charge in [0.05, 0.1) is 0 Å². The third-order valence-electron chi connectivity index (χ3n) is 2.68. The van der Waals surface area contributed by atoms with Gasteiger partial charge in [0.1, 0.15) is 0 Å². The van der Waals surface area contributed by atoms with Gasteiger partial charge in [-0.05, 0) is 18.8 Å². The van der Waals surface area contributed by atoms with E-state index in [0.717, 1.165) is 0 Å². The first-order chi connectivity index (χ1) is 5.70. The molecule has 1 rings (SSSR count). The summed E-state index contributed by atoms with van der Waals surface area (Å²) in [5, 5.41) is 0. The van der Waals surface area contributed by atoms with E-state index in [-0.39, 0.29) is 6.04 Å². The van der Waals surface area contributed by atoms with E-state index in [9.17, 15) is 4.21 Å². The summed E-state index contributed by atoms with van der Waals surface area (Å²) >= 11 is 0. The highest BCUT2D eigenvalue weighted by Crippen LogP contribution is 2.25. The van der Waals surface area contributed by atoms with E-state index in [1.54, 1.807) is 6.26 Å². The molecular weight excluding hydrogens is 170 g/mol. The van der Waals surface area contributed by atoms with Crippen LogP contribution < -0.4 is 5.73 Å². The number of rotatable bonds is 3. The van der Waals surface area contributed by atoms with Gasteiger partial charge in [-0.2, -0.15) is 0 Å². The molecule has 1 aliphatic carbocycles. The fourth-order valence-electron chi connectivity index (χ4n) is 1.97. The molecule has 2 atom stereocenters. The average molecular weight is 189 g/mol. The second-order valence-electron chi connectivity index (χ2n) is 3.80. The smallest absolute Gasteiger partial charge is 0.0386 e. The Morgan fingerprint density at radius 2 is 2.00 bits per heavy atom. The van der Waals surface area contributed by atoms with E-state index >= 15 is 0 Å². The summed E-state index contributed by atoms with van der Waals surface area (Å²) < 4.78 is 10.9. The van der Waals surface area contributed by atoms with Gasteiger partial charge in [-0.1, -0.05) is 19.3 Å². The third-order valence-corrected chi connectivity index (χ3v) is 3.54. The van der Waals surface area contributed by atoms with Gasteiger partial charge in [0.2, 0.25) is 0 Å². The number of nitrogens with two attached hydrogens (primary N) is 1. The van der Waals surface area contributed by atoms with Gasteiger partial charge in [-0.25, -0.2) is 0 Å². The molecule has 0 aromatic carbocycles. The summed E-state index contributed by atoms with van der Waals surface area (Å²) in [6, 6.07) is 0.177. The Labute approximate surface area is 77.4 Å². The maximum absolute atomic E-state index is 10.9. The van der Waals surface area contributed by atoms with Crippen LogP contribution in [-0.4, -0.2) is 22.3 Å². The van der Waals surface area contributed by atoms with Crippen LogP contribution in [0.1, 0.15) is 32.1 Å². The molecule has 2 unspecified atom stereocenters. The first-order valence-corrected chi connectivity index (χ1v) is 6.48. The van der Waals surface area contributed by atoms with Crippen molar-refractivity contribution in [2.24, 2.45) is 11.7 Å². The molecule has 2 N–H and O–H groups in total. The average Bonchev–Trinajstić information content (AvgIpc) is 2.05. The van der Waals surface area contributed by atoms with E-state index < -0.39 is 10.8 Å². The fraction of sp³-hybridized carbons (Fsp3) is 1.00. The lowest BCUT2D eigenvalue weighted by atomic mass is 9.85. The van der Waals surface area contributed by atoms with Gasteiger partial charge >= 0.3 is 0 Å². The van der Waals surface area contributed by atoms with Gasteiger partial charge in [0.25, 0.3) is 0 Å². The molecular formula is C9H19NOS. The van der Waals surface area contributed by atoms with Gasteiger partial charge in [-0.3, -0.25) is 4.21 Å². The minimum Gasteiger partial charge on any atom is -0.327 e. The SMILES string of the molecule is CS(=O)CC(N)C1CCCCC1. The molecule has 12 heavy (non-hydrogen) atoms. The summed E-state index contributed by atoms with van der Waals surface area (Å²) in [5.41, 5.74) is 5.96. The zero-order valence-corrected chi connectivity index (χ0v) is 8.61. The molecule has 2 nitrogen and oxygen atoms in total. The molecule has 0 aromatic rings.